The van der Waals surface area contributed by atoms with E-state index in [0.29, 0.717) is 17.6 Å². The summed E-state index contributed by atoms with van der Waals surface area (Å²) < 4.78 is 0. The average Bonchev–Trinajstić information content (AvgIpc) is 3.01. The molecule has 2 unspecified atom stereocenters. The number of anilines is 1. The van der Waals surface area contributed by atoms with Crippen LogP contribution in [-0.2, 0) is 4.79 Å². The van der Waals surface area contributed by atoms with Crippen LogP contribution in [0.4, 0.5) is 5.69 Å². The van der Waals surface area contributed by atoms with Crippen molar-refractivity contribution in [2.75, 3.05) is 18.4 Å². The SMILES string of the molecule is NC(=S)c1ccc(NC(=O)CN2CC3CCC2C3)cc1. The number of fused-ring (bicyclic) bond motifs is 2. The van der Waals surface area contributed by atoms with Crippen molar-refractivity contribution in [3.8, 4) is 0 Å². The molecule has 1 amide bonds. The lowest BCUT2D eigenvalue weighted by Crippen LogP contribution is -2.38. The number of carbonyl (C=O) groups excluding carboxylic acids is 1. The predicted octanol–water partition coefficient (Wildman–Crippen LogP) is 1.74. The highest BCUT2D eigenvalue weighted by Crippen LogP contribution is 2.36. The van der Waals surface area contributed by atoms with Gasteiger partial charge in [-0.05, 0) is 49.4 Å². The Kier molecular flexibility index (Phi) is 3.72. The highest BCUT2D eigenvalue weighted by molar-refractivity contribution is 7.80. The van der Waals surface area contributed by atoms with Crippen LogP contribution >= 0.6 is 12.2 Å². The highest BCUT2D eigenvalue weighted by Gasteiger charge is 2.38. The van der Waals surface area contributed by atoms with E-state index in [0.717, 1.165) is 23.7 Å². The lowest BCUT2D eigenvalue weighted by molar-refractivity contribution is -0.117. The van der Waals surface area contributed by atoms with Crippen LogP contribution < -0.4 is 11.1 Å². The number of nitrogens with two attached hydrogens (primary N) is 1. The maximum absolute atomic E-state index is 12.1. The standard InChI is InChI=1S/C15H19N3OS/c16-15(20)11-2-4-12(5-3-11)17-14(19)9-18-8-10-1-6-13(18)7-10/h2-5,10,13H,1,6-9H2,(H2,16,20)(H,17,19). The number of nitrogens with zero attached hydrogens (tertiary/aromatic N) is 1. The number of benzene rings is 1. The van der Waals surface area contributed by atoms with E-state index < -0.39 is 0 Å². The molecular weight excluding hydrogens is 270 g/mol. The summed E-state index contributed by atoms with van der Waals surface area (Å²) in [6, 6.07) is 7.96. The summed E-state index contributed by atoms with van der Waals surface area (Å²) in [6.07, 6.45) is 3.86. The minimum Gasteiger partial charge on any atom is -0.389 e. The molecule has 2 bridgehead atoms. The van der Waals surface area contributed by atoms with E-state index in [9.17, 15) is 4.79 Å². The van der Waals surface area contributed by atoms with Gasteiger partial charge in [-0.2, -0.15) is 0 Å². The van der Waals surface area contributed by atoms with Crippen LogP contribution in [-0.4, -0.2) is 34.9 Å². The summed E-state index contributed by atoms with van der Waals surface area (Å²) in [5.74, 6) is 0.873. The van der Waals surface area contributed by atoms with Crippen molar-refractivity contribution in [1.29, 1.82) is 0 Å². The largest absolute Gasteiger partial charge is 0.389 e. The molecule has 2 fully saturated rings. The fraction of sp³-hybridized carbons (Fsp3) is 0.467. The van der Waals surface area contributed by atoms with Gasteiger partial charge in [0.15, 0.2) is 0 Å². The van der Waals surface area contributed by atoms with Gasteiger partial charge in [0.1, 0.15) is 4.99 Å². The molecule has 1 aliphatic carbocycles. The third-order valence-electron chi connectivity index (χ3n) is 4.32. The molecule has 5 heteroatoms. The molecule has 106 valence electrons. The van der Waals surface area contributed by atoms with Gasteiger partial charge in [-0.15, -0.1) is 0 Å². The fourth-order valence-electron chi connectivity index (χ4n) is 3.32. The Balaban J connectivity index is 1.55. The summed E-state index contributed by atoms with van der Waals surface area (Å²) in [7, 11) is 0. The lowest BCUT2D eigenvalue weighted by atomic mass is 10.1. The normalized spacial score (nSPS) is 24.8. The van der Waals surface area contributed by atoms with Gasteiger partial charge < -0.3 is 11.1 Å². The van der Waals surface area contributed by atoms with Crippen LogP contribution in [0, 0.1) is 5.92 Å². The number of nitrogens with one attached hydrogen (secondary N) is 1. The first-order valence-electron chi connectivity index (χ1n) is 7.05. The summed E-state index contributed by atoms with van der Waals surface area (Å²) in [4.78, 5) is 14.7. The maximum atomic E-state index is 12.1. The first-order valence-corrected chi connectivity index (χ1v) is 7.46. The minimum atomic E-state index is 0.0561. The molecular formula is C15H19N3OS. The first kappa shape index (κ1) is 13.5. The molecule has 0 radical (unpaired) electrons. The van der Waals surface area contributed by atoms with Crippen LogP contribution in [0.5, 0.6) is 0 Å². The van der Waals surface area contributed by atoms with Gasteiger partial charge in [0, 0.05) is 23.8 Å². The molecule has 3 N–H and O–H groups in total. The third-order valence-corrected chi connectivity index (χ3v) is 4.56. The smallest absolute Gasteiger partial charge is 0.238 e. The zero-order chi connectivity index (χ0) is 14.1. The molecule has 1 saturated carbocycles. The molecule has 3 rings (SSSR count). The molecule has 2 aliphatic rings. The average molecular weight is 289 g/mol. The van der Waals surface area contributed by atoms with Crippen molar-refractivity contribution < 1.29 is 4.79 Å². The fourth-order valence-corrected chi connectivity index (χ4v) is 3.46. The zero-order valence-corrected chi connectivity index (χ0v) is 12.2. The third kappa shape index (κ3) is 2.83. The van der Waals surface area contributed by atoms with Gasteiger partial charge in [0.2, 0.25) is 5.91 Å². The summed E-state index contributed by atoms with van der Waals surface area (Å²) in [6.45, 7) is 1.58. The number of hydrogen-bond acceptors (Lipinski definition) is 3. The first-order chi connectivity index (χ1) is 9.61. The Labute approximate surface area is 124 Å². The Hall–Kier alpha value is -1.46. The van der Waals surface area contributed by atoms with Crippen molar-refractivity contribution in [1.82, 2.24) is 4.90 Å². The molecule has 1 aromatic carbocycles. The van der Waals surface area contributed by atoms with Crippen molar-refractivity contribution in [3.63, 3.8) is 0 Å². The number of piperidine rings is 1. The number of likely N-dealkylation sites (tertiary alicyclic amines) is 1. The van der Waals surface area contributed by atoms with E-state index in [2.05, 4.69) is 10.2 Å². The molecule has 1 aromatic rings. The highest BCUT2D eigenvalue weighted by atomic mass is 32.1. The van der Waals surface area contributed by atoms with Gasteiger partial charge in [-0.1, -0.05) is 12.2 Å². The Morgan fingerprint density at radius 1 is 1.35 bits per heavy atom. The number of thiocarbonyl (C=S) groups is 1. The van der Waals surface area contributed by atoms with Gasteiger partial charge in [-0.3, -0.25) is 9.69 Å². The molecule has 0 spiro atoms. The van der Waals surface area contributed by atoms with Gasteiger partial charge in [0.05, 0.1) is 6.54 Å². The molecule has 2 atom stereocenters. The summed E-state index contributed by atoms with van der Waals surface area (Å²) in [5.41, 5.74) is 7.15. The van der Waals surface area contributed by atoms with Gasteiger partial charge in [0.25, 0.3) is 0 Å². The number of rotatable bonds is 4. The second-order valence-corrected chi connectivity index (χ2v) is 6.19. The van der Waals surface area contributed by atoms with E-state index in [1.165, 1.54) is 19.3 Å². The van der Waals surface area contributed by atoms with E-state index in [-0.39, 0.29) is 5.91 Å². The minimum absolute atomic E-state index is 0.0561. The van der Waals surface area contributed by atoms with Crippen molar-refractivity contribution in [3.05, 3.63) is 29.8 Å². The second kappa shape index (κ2) is 5.50. The number of amides is 1. The van der Waals surface area contributed by atoms with E-state index >= 15 is 0 Å². The molecule has 1 saturated heterocycles. The van der Waals surface area contributed by atoms with E-state index in [1.54, 1.807) is 0 Å². The van der Waals surface area contributed by atoms with Gasteiger partial charge in [-0.25, -0.2) is 0 Å². The lowest BCUT2D eigenvalue weighted by Gasteiger charge is -2.25. The van der Waals surface area contributed by atoms with Gasteiger partial charge >= 0.3 is 0 Å². The van der Waals surface area contributed by atoms with Crippen LogP contribution in [0.15, 0.2) is 24.3 Å². The van der Waals surface area contributed by atoms with E-state index in [1.807, 2.05) is 24.3 Å². The summed E-state index contributed by atoms with van der Waals surface area (Å²) >= 11 is 4.90. The van der Waals surface area contributed by atoms with Crippen molar-refractivity contribution >= 4 is 28.8 Å². The van der Waals surface area contributed by atoms with Crippen LogP contribution in [0.1, 0.15) is 24.8 Å². The van der Waals surface area contributed by atoms with Crippen molar-refractivity contribution in [2.45, 2.75) is 25.3 Å². The Morgan fingerprint density at radius 2 is 2.10 bits per heavy atom. The zero-order valence-electron chi connectivity index (χ0n) is 11.3. The number of hydrogen-bond donors (Lipinski definition) is 2. The molecule has 1 aliphatic heterocycles. The Morgan fingerprint density at radius 3 is 2.65 bits per heavy atom. The predicted molar refractivity (Wildman–Crippen MR) is 83.7 cm³/mol. The van der Waals surface area contributed by atoms with E-state index in [4.69, 9.17) is 18.0 Å². The molecule has 1 heterocycles. The van der Waals surface area contributed by atoms with Crippen LogP contribution in [0.3, 0.4) is 0 Å². The second-order valence-electron chi connectivity index (χ2n) is 5.75. The van der Waals surface area contributed by atoms with Crippen LogP contribution in [0.25, 0.3) is 0 Å². The summed E-state index contributed by atoms with van der Waals surface area (Å²) in [5, 5.41) is 2.93. The molecule has 20 heavy (non-hydrogen) atoms. The topological polar surface area (TPSA) is 58.4 Å². The number of carbonyl (C=O) groups is 1. The monoisotopic (exact) mass is 289 g/mol. The molecule has 0 aromatic heterocycles. The van der Waals surface area contributed by atoms with Crippen molar-refractivity contribution in [2.24, 2.45) is 11.7 Å². The maximum Gasteiger partial charge on any atom is 0.238 e. The van der Waals surface area contributed by atoms with Crippen LogP contribution in [0.2, 0.25) is 0 Å². The quantitative estimate of drug-likeness (QED) is 0.829. The molecule has 4 nitrogen and oxygen atoms in total. The Bertz CT molecular complexity index is 528.